The van der Waals surface area contributed by atoms with Gasteiger partial charge in [0.05, 0.1) is 0 Å². The predicted molar refractivity (Wildman–Crippen MR) is 115 cm³/mol. The molecule has 0 aromatic rings. The van der Waals surface area contributed by atoms with Crippen LogP contribution in [0.1, 0.15) is 0 Å². The van der Waals surface area contributed by atoms with Gasteiger partial charge in [-0.15, -0.1) is 6.58 Å². The van der Waals surface area contributed by atoms with E-state index in [1.165, 1.54) is 0 Å². The van der Waals surface area contributed by atoms with Crippen molar-refractivity contribution in [3.05, 3.63) is 12.3 Å². The quantitative estimate of drug-likeness (QED) is 0.390. The summed E-state index contributed by atoms with van der Waals surface area (Å²) >= 11 is 0. The molecule has 0 N–H and O–H groups in total. The fourth-order valence-electron chi connectivity index (χ4n) is 2.55. The Morgan fingerprint density at radius 1 is 0.760 bits per heavy atom. The molecule has 0 saturated heterocycles. The maximum atomic E-state index is 6.37. The van der Waals surface area contributed by atoms with Crippen LogP contribution >= 0.6 is 0 Å². The number of hydrogen-bond donors (Lipinski definition) is 0. The third kappa shape index (κ3) is 12.0. The monoisotopic (exact) mass is 460 g/mol. The molecule has 0 rings (SSSR count). The van der Waals surface area contributed by atoms with Crippen molar-refractivity contribution in [2.45, 2.75) is 52.4 Å². The van der Waals surface area contributed by atoms with Crippen LogP contribution in [0.15, 0.2) is 12.3 Å². The van der Waals surface area contributed by atoms with Gasteiger partial charge in [0.25, 0.3) is 0 Å². The Morgan fingerprint density at radius 2 is 1.20 bits per heavy atom. The maximum absolute atomic E-state index is 6.37. The highest BCUT2D eigenvalue weighted by atomic mass is 28.5. The van der Waals surface area contributed by atoms with Crippen LogP contribution < -0.4 is 0 Å². The molecule has 0 aromatic heterocycles. The van der Waals surface area contributed by atoms with Crippen LogP contribution in [0.5, 0.6) is 0 Å². The topological polar surface area (TPSA) is 64.6 Å². The van der Waals surface area contributed by atoms with Crippen LogP contribution in [0.3, 0.4) is 0 Å². The van der Waals surface area contributed by atoms with E-state index in [0.29, 0.717) is 0 Å². The average Bonchev–Trinajstić information content (AvgIpc) is 2.38. The number of rotatable bonds is 13. The third-order valence-electron chi connectivity index (χ3n) is 2.73. The van der Waals surface area contributed by atoms with Gasteiger partial charge in [0.2, 0.25) is 0 Å². The summed E-state index contributed by atoms with van der Waals surface area (Å²) in [5.74, 6) is 0. The van der Waals surface area contributed by atoms with Crippen LogP contribution in [-0.2, 0) is 29.4 Å². The van der Waals surface area contributed by atoms with Crippen molar-refractivity contribution in [1.29, 1.82) is 0 Å². The first-order valence-corrected chi connectivity index (χ1v) is 22.6. The lowest BCUT2D eigenvalue weighted by Gasteiger charge is -2.39. The molecule has 1 atom stereocenters. The molecule has 0 aliphatic rings. The highest BCUT2D eigenvalue weighted by molar-refractivity contribution is 6.87. The minimum absolute atomic E-state index is 1.16. The Bertz CT molecular complexity index is 403. The normalized spacial score (nSPS) is 15.0. The van der Waals surface area contributed by atoms with Crippen molar-refractivity contribution in [2.24, 2.45) is 0 Å². The van der Waals surface area contributed by atoms with E-state index in [-0.39, 0.29) is 0 Å². The second-order valence-corrected chi connectivity index (χ2v) is 25.0. The molecule has 7 nitrogen and oxygen atoms in total. The fraction of sp³-hybridized carbons (Fsp3) is 0.833. The summed E-state index contributed by atoms with van der Waals surface area (Å²) in [5, 5.41) is 0. The molecule has 1 unspecified atom stereocenters. The van der Waals surface area contributed by atoms with Gasteiger partial charge < -0.3 is 29.4 Å². The molecule has 13 heteroatoms. The van der Waals surface area contributed by atoms with E-state index in [1.807, 2.05) is 26.2 Å². The Hall–Kier alpha value is 0.761. The second kappa shape index (κ2) is 10.9. The van der Waals surface area contributed by atoms with Crippen molar-refractivity contribution >= 4 is 53.5 Å². The first-order valence-electron chi connectivity index (χ1n) is 8.35. The van der Waals surface area contributed by atoms with Gasteiger partial charge in [0, 0.05) is 14.2 Å². The number of hydrogen-bond acceptors (Lipinski definition) is 7. The van der Waals surface area contributed by atoms with E-state index < -0.39 is 53.5 Å². The molecule has 0 heterocycles. The van der Waals surface area contributed by atoms with Gasteiger partial charge in [-0.1, -0.05) is 5.70 Å². The Labute approximate surface area is 161 Å². The molecule has 0 saturated carbocycles. The van der Waals surface area contributed by atoms with E-state index in [4.69, 9.17) is 29.4 Å². The zero-order chi connectivity index (χ0) is 19.9. The predicted octanol–water partition coefficient (Wildman–Crippen LogP) is 2.11. The Morgan fingerprint density at radius 3 is 1.56 bits per heavy atom. The summed E-state index contributed by atoms with van der Waals surface area (Å²) in [6.45, 7) is 20.4. The van der Waals surface area contributed by atoms with Gasteiger partial charge in [0.15, 0.2) is 9.04 Å². The zero-order valence-corrected chi connectivity index (χ0v) is 23.8. The van der Waals surface area contributed by atoms with Crippen molar-refractivity contribution in [2.75, 3.05) is 14.2 Å². The summed E-state index contributed by atoms with van der Waals surface area (Å²) in [6.07, 6.45) is 0. The van der Waals surface area contributed by atoms with Gasteiger partial charge in [-0.2, -0.15) is 0 Å². The van der Waals surface area contributed by atoms with E-state index in [0.717, 1.165) is 0 Å². The molecule has 0 aliphatic heterocycles. The van der Waals surface area contributed by atoms with Crippen molar-refractivity contribution in [1.82, 2.24) is 0 Å². The molecule has 0 bridgehead atoms. The minimum atomic E-state index is -2.46. The first-order chi connectivity index (χ1) is 11.3. The molecular formula is C12H36O7Si6. The van der Waals surface area contributed by atoms with Crippen molar-refractivity contribution in [3.8, 4) is 0 Å². The van der Waals surface area contributed by atoms with Crippen LogP contribution in [0.2, 0.25) is 52.4 Å². The van der Waals surface area contributed by atoms with E-state index in [1.54, 1.807) is 19.9 Å². The second-order valence-electron chi connectivity index (χ2n) is 7.19. The highest BCUT2D eigenvalue weighted by Gasteiger charge is 2.43. The highest BCUT2D eigenvalue weighted by Crippen LogP contribution is 2.23. The molecule has 25 heavy (non-hydrogen) atoms. The van der Waals surface area contributed by atoms with Crippen LogP contribution in [0.25, 0.3) is 0 Å². The Balaban J connectivity index is 4.87. The van der Waals surface area contributed by atoms with E-state index in [9.17, 15) is 0 Å². The molecule has 0 aromatic carbocycles. The lowest BCUT2D eigenvalue weighted by molar-refractivity contribution is 0.189. The largest absolute Gasteiger partial charge is 0.474 e. The summed E-state index contributed by atoms with van der Waals surface area (Å²) in [4.78, 5) is 0. The van der Waals surface area contributed by atoms with Gasteiger partial charge >= 0.3 is 44.5 Å². The molecule has 0 spiro atoms. The summed E-state index contributed by atoms with van der Waals surface area (Å²) in [6, 6.07) is 0. The van der Waals surface area contributed by atoms with Crippen LogP contribution in [-0.4, -0.2) is 67.8 Å². The molecule has 0 aliphatic carbocycles. The van der Waals surface area contributed by atoms with Gasteiger partial charge in [0.1, 0.15) is 0 Å². The molecule has 0 amide bonds. The van der Waals surface area contributed by atoms with Crippen LogP contribution in [0.4, 0.5) is 0 Å². The zero-order valence-electron chi connectivity index (χ0n) is 17.4. The van der Waals surface area contributed by atoms with E-state index in [2.05, 4.69) is 32.8 Å². The van der Waals surface area contributed by atoms with E-state index >= 15 is 0 Å². The van der Waals surface area contributed by atoms with Gasteiger partial charge in [-0.05, 0) is 52.4 Å². The third-order valence-corrected chi connectivity index (χ3v) is 21.1. The smallest absolute Gasteiger partial charge is 0.440 e. The van der Waals surface area contributed by atoms with Gasteiger partial charge in [-0.25, -0.2) is 0 Å². The first kappa shape index (κ1) is 25.8. The van der Waals surface area contributed by atoms with Gasteiger partial charge in [-0.3, -0.25) is 0 Å². The summed E-state index contributed by atoms with van der Waals surface area (Å²) in [5.41, 5.74) is 1.72. The van der Waals surface area contributed by atoms with Crippen molar-refractivity contribution < 1.29 is 29.4 Å². The Kier molecular flexibility index (Phi) is 11.3. The molecular weight excluding hydrogens is 425 g/mol. The maximum Gasteiger partial charge on any atom is 0.474 e. The molecule has 0 radical (unpaired) electrons. The van der Waals surface area contributed by atoms with Crippen LogP contribution in [0, 0.1) is 0 Å². The lowest BCUT2D eigenvalue weighted by atomic mass is 11.3. The fourth-order valence-corrected chi connectivity index (χ4v) is 24.1. The minimum Gasteiger partial charge on any atom is -0.440 e. The summed E-state index contributed by atoms with van der Waals surface area (Å²) in [7, 11) is -9.36. The molecule has 150 valence electrons. The standard InChI is InChI=1S/C12H36O7Si6/c1-12-21(15-22(13-2)14-3)17-24(8,9)19-25(10,11)18-23(6,7)16-20(4)5/h12,20-22H,1H2,2-11H3. The summed E-state index contributed by atoms with van der Waals surface area (Å²) < 4.78 is 41.2. The molecule has 0 fully saturated rings. The SMILES string of the molecule is C=C[SiH](O[SiH](OC)OC)O[Si](C)(C)O[Si](C)(C)O[Si](C)(C)O[SiH](C)C. The van der Waals surface area contributed by atoms with Crippen molar-refractivity contribution in [3.63, 3.8) is 0 Å². The lowest BCUT2D eigenvalue weighted by Crippen LogP contribution is -2.56. The average molecular weight is 461 g/mol.